The van der Waals surface area contributed by atoms with E-state index in [1.165, 1.54) is 12.1 Å². The number of hydrogen-bond donors (Lipinski definition) is 2. The van der Waals surface area contributed by atoms with Gasteiger partial charge in [0.05, 0.1) is 23.6 Å². The molecule has 0 aliphatic carbocycles. The summed E-state index contributed by atoms with van der Waals surface area (Å²) < 4.78 is 33.9. The molecule has 3 fully saturated rings. The number of hydrogen-bond acceptors (Lipinski definition) is 7. The zero-order valence-corrected chi connectivity index (χ0v) is 21.1. The number of anilines is 2. The van der Waals surface area contributed by atoms with Crippen LogP contribution in [0.5, 0.6) is 0 Å². The SMILES string of the molecule is CC(C)OC(=O)N1CCC(O)CC1.CN1CCN(c2cc(F)c(N3CCC(=N)CC3)cc2F)CC1. The first-order valence-electron chi connectivity index (χ1n) is 12.5. The molecule has 0 saturated carbocycles. The number of benzene rings is 1. The van der Waals surface area contributed by atoms with Gasteiger partial charge in [-0.25, -0.2) is 13.6 Å². The number of piperazine rings is 1. The van der Waals surface area contributed by atoms with Crippen LogP contribution in [-0.2, 0) is 4.74 Å². The topological polar surface area (TPSA) is 83.3 Å². The number of carbonyl (C=O) groups is 1. The Morgan fingerprint density at radius 3 is 1.91 bits per heavy atom. The molecule has 0 unspecified atom stereocenters. The van der Waals surface area contributed by atoms with Crippen molar-refractivity contribution in [1.29, 1.82) is 5.41 Å². The van der Waals surface area contributed by atoms with Crippen LogP contribution in [0.3, 0.4) is 0 Å². The zero-order valence-electron chi connectivity index (χ0n) is 21.1. The van der Waals surface area contributed by atoms with Gasteiger partial charge >= 0.3 is 6.09 Å². The number of carbonyl (C=O) groups excluding carboxylic acids is 1. The molecule has 196 valence electrons. The zero-order chi connectivity index (χ0) is 25.5. The Hall–Kier alpha value is -2.46. The van der Waals surface area contributed by atoms with Gasteiger partial charge in [0.25, 0.3) is 0 Å². The summed E-state index contributed by atoms with van der Waals surface area (Å²) in [6.45, 7) is 9.19. The van der Waals surface area contributed by atoms with E-state index < -0.39 is 0 Å². The van der Waals surface area contributed by atoms with Crippen molar-refractivity contribution in [3.05, 3.63) is 23.8 Å². The van der Waals surface area contributed by atoms with Crippen molar-refractivity contribution in [1.82, 2.24) is 9.80 Å². The van der Waals surface area contributed by atoms with Crippen molar-refractivity contribution >= 4 is 23.2 Å². The maximum absolute atomic E-state index is 14.5. The molecule has 3 aliphatic rings. The summed E-state index contributed by atoms with van der Waals surface area (Å²) in [7, 11) is 2.03. The minimum absolute atomic E-state index is 0.0700. The molecule has 1 aromatic carbocycles. The fraction of sp³-hybridized carbons (Fsp3) is 0.680. The summed E-state index contributed by atoms with van der Waals surface area (Å²) in [5.74, 6) is -0.731. The second-order valence-corrected chi connectivity index (χ2v) is 9.79. The van der Waals surface area contributed by atoms with E-state index in [-0.39, 0.29) is 29.9 Å². The molecule has 3 saturated heterocycles. The van der Waals surface area contributed by atoms with E-state index in [4.69, 9.17) is 10.1 Å². The highest BCUT2D eigenvalue weighted by atomic mass is 19.1. The van der Waals surface area contributed by atoms with Crippen LogP contribution in [0.25, 0.3) is 0 Å². The van der Waals surface area contributed by atoms with Crippen LogP contribution in [0.1, 0.15) is 39.5 Å². The Balaban J connectivity index is 0.000000225. The highest BCUT2D eigenvalue weighted by Gasteiger charge is 2.24. The number of amides is 1. The molecule has 0 spiro atoms. The molecule has 3 heterocycles. The maximum Gasteiger partial charge on any atom is 0.410 e. The normalized spacial score (nSPS) is 20.1. The van der Waals surface area contributed by atoms with Gasteiger partial charge in [-0.2, -0.15) is 0 Å². The summed E-state index contributed by atoms with van der Waals surface area (Å²) in [5.41, 5.74) is 1.37. The van der Waals surface area contributed by atoms with Crippen LogP contribution in [-0.4, -0.2) is 98.3 Å². The molecule has 1 aromatic rings. The maximum atomic E-state index is 14.5. The first-order valence-corrected chi connectivity index (χ1v) is 12.5. The summed E-state index contributed by atoms with van der Waals surface area (Å²) in [6, 6.07) is 2.65. The first kappa shape index (κ1) is 27.1. The number of aliphatic hydroxyl groups excluding tert-OH is 1. The Bertz CT molecular complexity index is 859. The van der Waals surface area contributed by atoms with Gasteiger partial charge in [0, 0.05) is 83.0 Å². The van der Waals surface area contributed by atoms with E-state index in [2.05, 4.69) is 4.90 Å². The minimum atomic E-state index is -0.372. The van der Waals surface area contributed by atoms with Gasteiger partial charge in [-0.05, 0) is 33.7 Å². The van der Waals surface area contributed by atoms with Crippen LogP contribution < -0.4 is 9.80 Å². The number of likely N-dealkylation sites (tertiary alicyclic amines) is 1. The smallest absolute Gasteiger partial charge is 0.410 e. The Kier molecular flexibility index (Phi) is 9.68. The number of nitrogens with zero attached hydrogens (tertiary/aromatic N) is 4. The highest BCUT2D eigenvalue weighted by Crippen LogP contribution is 2.30. The van der Waals surface area contributed by atoms with Crippen molar-refractivity contribution in [2.45, 2.75) is 51.7 Å². The van der Waals surface area contributed by atoms with Gasteiger partial charge in [-0.3, -0.25) is 0 Å². The molecule has 2 N–H and O–H groups in total. The van der Waals surface area contributed by atoms with E-state index in [0.717, 1.165) is 13.1 Å². The van der Waals surface area contributed by atoms with Crippen molar-refractivity contribution in [3.8, 4) is 0 Å². The van der Waals surface area contributed by atoms with Gasteiger partial charge in [-0.15, -0.1) is 0 Å². The lowest BCUT2D eigenvalue weighted by Gasteiger charge is -2.35. The third-order valence-corrected chi connectivity index (χ3v) is 6.63. The van der Waals surface area contributed by atoms with Gasteiger partial charge < -0.3 is 34.9 Å². The molecular formula is C25H39F2N5O3. The highest BCUT2D eigenvalue weighted by molar-refractivity contribution is 5.83. The van der Waals surface area contributed by atoms with E-state index in [1.54, 1.807) is 4.90 Å². The predicted molar refractivity (Wildman–Crippen MR) is 134 cm³/mol. The van der Waals surface area contributed by atoms with Gasteiger partial charge in [-0.1, -0.05) is 0 Å². The number of ether oxygens (including phenoxy) is 1. The third-order valence-electron chi connectivity index (χ3n) is 6.63. The molecule has 35 heavy (non-hydrogen) atoms. The summed E-state index contributed by atoms with van der Waals surface area (Å²) in [4.78, 5) is 18.9. The van der Waals surface area contributed by atoms with E-state index in [9.17, 15) is 18.7 Å². The molecular weight excluding hydrogens is 456 g/mol. The number of nitrogens with one attached hydrogen (secondary N) is 1. The Labute approximate surface area is 206 Å². The second-order valence-electron chi connectivity index (χ2n) is 9.79. The standard InChI is InChI=1S/C16H22F2N4.C9H17NO3/c1-20-6-8-22(9-7-20)16-11-13(17)15(10-14(16)18)21-4-2-12(19)3-5-21;1-7(2)13-9(12)10-5-3-8(11)4-6-10/h10-11,19H,2-9H2,1H3;7-8,11H,3-6H2,1-2H3. The van der Waals surface area contributed by atoms with E-state index in [1.807, 2.05) is 30.7 Å². The molecule has 0 atom stereocenters. The van der Waals surface area contributed by atoms with Gasteiger partial charge in [0.2, 0.25) is 0 Å². The van der Waals surface area contributed by atoms with Crippen molar-refractivity contribution < 1.29 is 23.4 Å². The lowest BCUT2D eigenvalue weighted by atomic mass is 10.1. The average Bonchev–Trinajstić information content (AvgIpc) is 2.82. The summed E-state index contributed by atoms with van der Waals surface area (Å²) >= 11 is 0. The molecule has 3 aliphatic heterocycles. The molecule has 4 rings (SSSR count). The van der Waals surface area contributed by atoms with E-state index >= 15 is 0 Å². The fourth-order valence-corrected chi connectivity index (χ4v) is 4.40. The molecule has 1 amide bonds. The van der Waals surface area contributed by atoms with Crippen LogP contribution in [0.15, 0.2) is 12.1 Å². The lowest BCUT2D eigenvalue weighted by Crippen LogP contribution is -2.45. The van der Waals surface area contributed by atoms with Crippen molar-refractivity contribution in [2.24, 2.45) is 0 Å². The fourth-order valence-electron chi connectivity index (χ4n) is 4.40. The molecule has 0 radical (unpaired) electrons. The first-order chi connectivity index (χ1) is 16.6. The second kappa shape index (κ2) is 12.5. The number of halogens is 2. The van der Waals surface area contributed by atoms with Crippen molar-refractivity contribution in [2.75, 3.05) is 69.2 Å². The van der Waals surface area contributed by atoms with Crippen LogP contribution in [0, 0.1) is 17.0 Å². The molecule has 10 heteroatoms. The van der Waals surface area contributed by atoms with Gasteiger partial charge in [0.15, 0.2) is 0 Å². The third kappa shape index (κ3) is 7.76. The largest absolute Gasteiger partial charge is 0.447 e. The summed E-state index contributed by atoms with van der Waals surface area (Å²) in [5, 5.41) is 16.8. The van der Waals surface area contributed by atoms with Crippen molar-refractivity contribution in [3.63, 3.8) is 0 Å². The quantitative estimate of drug-likeness (QED) is 0.670. The van der Waals surface area contributed by atoms with Crippen LogP contribution in [0.2, 0.25) is 0 Å². The number of rotatable bonds is 3. The molecule has 0 aromatic heterocycles. The van der Waals surface area contributed by atoms with Crippen LogP contribution >= 0.6 is 0 Å². The number of piperidine rings is 2. The monoisotopic (exact) mass is 495 g/mol. The number of likely N-dealkylation sites (N-methyl/N-ethyl adjacent to an activating group) is 1. The average molecular weight is 496 g/mol. The molecule has 8 nitrogen and oxygen atoms in total. The molecule has 0 bridgehead atoms. The van der Waals surface area contributed by atoms with E-state index in [0.29, 0.717) is 82.0 Å². The number of aliphatic hydroxyl groups is 1. The van der Waals surface area contributed by atoms with Gasteiger partial charge in [0.1, 0.15) is 11.6 Å². The summed E-state index contributed by atoms with van der Waals surface area (Å²) in [6.07, 6.45) is 1.99. The van der Waals surface area contributed by atoms with Crippen LogP contribution in [0.4, 0.5) is 25.0 Å². The lowest BCUT2D eigenvalue weighted by molar-refractivity contribution is 0.0457. The Morgan fingerprint density at radius 1 is 0.943 bits per heavy atom. The Morgan fingerprint density at radius 2 is 1.43 bits per heavy atom. The predicted octanol–water partition coefficient (Wildman–Crippen LogP) is 3.32. The minimum Gasteiger partial charge on any atom is -0.447 e.